The molecule has 0 aliphatic carbocycles. The molecule has 4 rings (SSSR count). The topological polar surface area (TPSA) is 51.1 Å². The van der Waals surface area contributed by atoms with Gasteiger partial charge in [0, 0.05) is 23.8 Å². The number of hydrogen-bond donors (Lipinski definition) is 1. The van der Waals surface area contributed by atoms with Crippen LogP contribution in [0.3, 0.4) is 0 Å². The molecule has 0 fully saturated rings. The molecule has 0 saturated heterocycles. The molecular weight excluding hydrogens is 312 g/mol. The monoisotopic (exact) mass is 332 g/mol. The highest BCUT2D eigenvalue weighted by molar-refractivity contribution is 6.06. The lowest BCUT2D eigenvalue weighted by atomic mass is 9.99. The number of para-hydroxylation sites is 1. The summed E-state index contributed by atoms with van der Waals surface area (Å²) in [6.07, 6.45) is 3.71. The Morgan fingerprint density at radius 1 is 1.16 bits per heavy atom. The summed E-state index contributed by atoms with van der Waals surface area (Å²) < 4.78 is 2.05. The van der Waals surface area contributed by atoms with E-state index in [2.05, 4.69) is 11.4 Å². The van der Waals surface area contributed by atoms with E-state index in [1.54, 1.807) is 6.20 Å². The molecule has 4 heteroatoms. The zero-order valence-electron chi connectivity index (χ0n) is 14.4. The lowest BCUT2D eigenvalue weighted by Crippen LogP contribution is -2.25. The summed E-state index contributed by atoms with van der Waals surface area (Å²) in [5.41, 5.74) is 4.95. The second kappa shape index (κ2) is 5.88. The Hall–Kier alpha value is -2.88. The van der Waals surface area contributed by atoms with Gasteiger partial charge in [-0.25, -0.2) is 0 Å². The molecule has 1 amide bonds. The molecule has 0 unspecified atom stereocenters. The van der Waals surface area contributed by atoms with Crippen LogP contribution in [0.4, 0.5) is 5.69 Å². The third-order valence-corrected chi connectivity index (χ3v) is 4.91. The molecule has 0 atom stereocenters. The Morgan fingerprint density at radius 2 is 2.00 bits per heavy atom. The minimum Gasteiger partial charge on any atom is -0.346 e. The number of carbonyl (C=O) groups excluding carboxylic acids is 1. The standard InChI is InChI=1S/C21H20N2O2/c1-13-8-9-14(2)18(11-13)22-21(25)17-12-23-10-4-6-15-5-3-7-16(19(15)23)20(17)24/h3,5,7-9,11-12H,4,6,10H2,1-2H3,(H,22,25). The van der Waals surface area contributed by atoms with Gasteiger partial charge >= 0.3 is 0 Å². The number of hydrogen-bond acceptors (Lipinski definition) is 2. The van der Waals surface area contributed by atoms with E-state index in [-0.39, 0.29) is 16.9 Å². The van der Waals surface area contributed by atoms with Crippen LogP contribution in [0, 0.1) is 13.8 Å². The predicted octanol–water partition coefficient (Wildman–Crippen LogP) is 3.82. The maximum absolute atomic E-state index is 12.9. The highest BCUT2D eigenvalue weighted by Crippen LogP contribution is 2.24. The van der Waals surface area contributed by atoms with Crippen molar-refractivity contribution in [2.24, 2.45) is 0 Å². The first kappa shape index (κ1) is 15.6. The van der Waals surface area contributed by atoms with Crippen molar-refractivity contribution < 1.29 is 4.79 Å². The molecule has 1 aliphatic heterocycles. The minimum absolute atomic E-state index is 0.196. The van der Waals surface area contributed by atoms with Gasteiger partial charge in [0.05, 0.1) is 5.52 Å². The Morgan fingerprint density at radius 3 is 2.84 bits per heavy atom. The molecule has 0 radical (unpaired) electrons. The quantitative estimate of drug-likeness (QED) is 0.776. The lowest BCUT2D eigenvalue weighted by Gasteiger charge is -2.20. The van der Waals surface area contributed by atoms with Crippen LogP contribution in [0.1, 0.15) is 33.5 Å². The molecule has 2 heterocycles. The van der Waals surface area contributed by atoms with E-state index < -0.39 is 0 Å². The van der Waals surface area contributed by atoms with Gasteiger partial charge in [-0.3, -0.25) is 9.59 Å². The van der Waals surface area contributed by atoms with Gasteiger partial charge < -0.3 is 9.88 Å². The van der Waals surface area contributed by atoms with E-state index in [0.29, 0.717) is 5.39 Å². The van der Waals surface area contributed by atoms with Gasteiger partial charge in [0.1, 0.15) is 5.56 Å². The van der Waals surface area contributed by atoms with Crippen molar-refractivity contribution in [1.29, 1.82) is 0 Å². The van der Waals surface area contributed by atoms with E-state index in [0.717, 1.165) is 41.7 Å². The Balaban J connectivity index is 1.82. The fourth-order valence-electron chi connectivity index (χ4n) is 3.58. The van der Waals surface area contributed by atoms with Gasteiger partial charge in [-0.1, -0.05) is 24.3 Å². The fourth-order valence-corrected chi connectivity index (χ4v) is 3.58. The molecule has 3 aromatic rings. The first-order chi connectivity index (χ1) is 12.0. The van der Waals surface area contributed by atoms with E-state index in [1.165, 1.54) is 5.56 Å². The van der Waals surface area contributed by atoms with Gasteiger partial charge in [0.2, 0.25) is 5.43 Å². The zero-order chi connectivity index (χ0) is 17.6. The maximum atomic E-state index is 12.9. The second-order valence-electron chi connectivity index (χ2n) is 6.75. The van der Waals surface area contributed by atoms with E-state index in [4.69, 9.17) is 0 Å². The number of carbonyl (C=O) groups is 1. The van der Waals surface area contributed by atoms with Crippen LogP contribution in [0.5, 0.6) is 0 Å². The van der Waals surface area contributed by atoms with Crippen molar-refractivity contribution in [2.75, 3.05) is 5.32 Å². The number of rotatable bonds is 2. The smallest absolute Gasteiger partial charge is 0.261 e. The number of amides is 1. The number of anilines is 1. The number of nitrogens with zero attached hydrogens (tertiary/aromatic N) is 1. The summed E-state index contributed by atoms with van der Waals surface area (Å²) in [5.74, 6) is -0.347. The van der Waals surface area contributed by atoms with Gasteiger partial charge in [-0.2, -0.15) is 0 Å². The van der Waals surface area contributed by atoms with Crippen LogP contribution in [-0.2, 0) is 13.0 Å². The normalized spacial score (nSPS) is 13.0. The second-order valence-corrected chi connectivity index (χ2v) is 6.75. The molecule has 0 spiro atoms. The van der Waals surface area contributed by atoms with E-state index in [1.807, 2.05) is 48.7 Å². The van der Waals surface area contributed by atoms with Gasteiger partial charge in [-0.05, 0) is 55.5 Å². The highest BCUT2D eigenvalue weighted by Gasteiger charge is 2.19. The molecule has 126 valence electrons. The number of aryl methyl sites for hydroxylation is 4. The summed E-state index contributed by atoms with van der Waals surface area (Å²) in [4.78, 5) is 25.7. The molecule has 0 saturated carbocycles. The summed E-state index contributed by atoms with van der Waals surface area (Å²) in [5, 5.41) is 3.53. The van der Waals surface area contributed by atoms with E-state index >= 15 is 0 Å². The molecule has 4 nitrogen and oxygen atoms in total. The van der Waals surface area contributed by atoms with Crippen molar-refractivity contribution in [3.05, 3.63) is 75.1 Å². The lowest BCUT2D eigenvalue weighted by molar-refractivity contribution is 0.102. The van der Waals surface area contributed by atoms with Crippen LogP contribution in [0.15, 0.2) is 47.4 Å². The van der Waals surface area contributed by atoms with Crippen LogP contribution >= 0.6 is 0 Å². The summed E-state index contributed by atoms with van der Waals surface area (Å²) >= 11 is 0. The molecular formula is C21H20N2O2. The molecule has 1 aliphatic rings. The number of benzene rings is 2. The van der Waals surface area contributed by atoms with Crippen molar-refractivity contribution >= 4 is 22.5 Å². The molecule has 1 aromatic heterocycles. The molecule has 0 bridgehead atoms. The summed E-state index contributed by atoms with van der Waals surface area (Å²) in [7, 11) is 0. The highest BCUT2D eigenvalue weighted by atomic mass is 16.2. The first-order valence-corrected chi connectivity index (χ1v) is 8.58. The molecule has 2 aromatic carbocycles. The average molecular weight is 332 g/mol. The van der Waals surface area contributed by atoms with Gasteiger partial charge in [-0.15, -0.1) is 0 Å². The van der Waals surface area contributed by atoms with Gasteiger partial charge in [0.15, 0.2) is 0 Å². The summed E-state index contributed by atoms with van der Waals surface area (Å²) in [6.45, 7) is 4.75. The van der Waals surface area contributed by atoms with Crippen LogP contribution in [0.2, 0.25) is 0 Å². The SMILES string of the molecule is Cc1ccc(C)c(NC(=O)c2cn3c4c(cccc4c2=O)CCC3)c1. The maximum Gasteiger partial charge on any atom is 0.261 e. The van der Waals surface area contributed by atoms with Gasteiger partial charge in [0.25, 0.3) is 5.91 Å². The Bertz CT molecular complexity index is 1060. The van der Waals surface area contributed by atoms with Crippen molar-refractivity contribution in [3.8, 4) is 0 Å². The van der Waals surface area contributed by atoms with E-state index in [9.17, 15) is 9.59 Å². The summed E-state index contributed by atoms with van der Waals surface area (Å²) in [6, 6.07) is 11.7. The fraction of sp³-hybridized carbons (Fsp3) is 0.238. The molecule has 1 N–H and O–H groups in total. The average Bonchev–Trinajstić information content (AvgIpc) is 2.61. The molecule has 25 heavy (non-hydrogen) atoms. The minimum atomic E-state index is -0.347. The Labute approximate surface area is 146 Å². The first-order valence-electron chi connectivity index (χ1n) is 8.58. The Kier molecular flexibility index (Phi) is 3.68. The predicted molar refractivity (Wildman–Crippen MR) is 100 cm³/mol. The van der Waals surface area contributed by atoms with Crippen molar-refractivity contribution in [3.63, 3.8) is 0 Å². The van der Waals surface area contributed by atoms with Crippen molar-refractivity contribution in [1.82, 2.24) is 4.57 Å². The van der Waals surface area contributed by atoms with Crippen LogP contribution in [-0.4, -0.2) is 10.5 Å². The van der Waals surface area contributed by atoms with Crippen molar-refractivity contribution in [2.45, 2.75) is 33.2 Å². The number of pyridine rings is 1. The number of nitrogens with one attached hydrogen (secondary N) is 1. The third-order valence-electron chi connectivity index (χ3n) is 4.91. The van der Waals surface area contributed by atoms with Crippen LogP contribution in [0.25, 0.3) is 10.9 Å². The number of aromatic nitrogens is 1. The van der Waals surface area contributed by atoms with Crippen LogP contribution < -0.4 is 10.7 Å². The zero-order valence-corrected chi connectivity index (χ0v) is 14.4. The third kappa shape index (κ3) is 2.64. The largest absolute Gasteiger partial charge is 0.346 e.